The van der Waals surface area contributed by atoms with Gasteiger partial charge in [0.2, 0.25) is 0 Å². The van der Waals surface area contributed by atoms with E-state index in [0.29, 0.717) is 23.5 Å². The smallest absolute Gasteiger partial charge is 0.872 e. The summed E-state index contributed by atoms with van der Waals surface area (Å²) in [6, 6.07) is 10.5. The minimum Gasteiger partial charge on any atom is -0.872 e. The van der Waals surface area contributed by atoms with Crippen LogP contribution in [0.4, 0.5) is 0 Å². The van der Waals surface area contributed by atoms with E-state index < -0.39 is 10.1 Å². The van der Waals surface area contributed by atoms with Crippen LogP contribution in [0.2, 0.25) is 0 Å². The first-order valence-corrected chi connectivity index (χ1v) is 12.9. The van der Waals surface area contributed by atoms with Crippen molar-refractivity contribution >= 4 is 10.1 Å². The van der Waals surface area contributed by atoms with E-state index in [1.165, 1.54) is 75.6 Å². The molecular weight excluding hydrogens is 435 g/mol. The summed E-state index contributed by atoms with van der Waals surface area (Å²) in [4.78, 5) is -0.0677. The van der Waals surface area contributed by atoms with Crippen molar-refractivity contribution in [3.05, 3.63) is 48.0 Å². The Balaban J connectivity index is 0.00000512. The second-order valence-corrected chi connectivity index (χ2v) is 9.49. The van der Waals surface area contributed by atoms with Crippen molar-refractivity contribution in [3.8, 4) is 17.2 Å². The molecule has 0 aliphatic heterocycles. The molecule has 7 heteroatoms. The van der Waals surface area contributed by atoms with Gasteiger partial charge in [0.25, 0.3) is 10.1 Å². The van der Waals surface area contributed by atoms with Crippen molar-refractivity contribution in [2.45, 2.75) is 88.9 Å². The van der Waals surface area contributed by atoms with Gasteiger partial charge in [-0.05, 0) is 48.7 Å². The fraction of sp³-hybridized carbons (Fsp3) is 0.520. The van der Waals surface area contributed by atoms with Crippen molar-refractivity contribution in [2.24, 2.45) is 0 Å². The zero-order chi connectivity index (χ0) is 22.5. The van der Waals surface area contributed by atoms with Crippen LogP contribution in [0.1, 0.15) is 83.1 Å². The summed E-state index contributed by atoms with van der Waals surface area (Å²) >= 11 is 0. The van der Waals surface area contributed by atoms with Crippen molar-refractivity contribution in [1.29, 1.82) is 0 Å². The van der Waals surface area contributed by atoms with Gasteiger partial charge in [0.05, 0.1) is 4.90 Å². The molecule has 2 aromatic rings. The molecule has 0 fully saturated rings. The molecular formula is C25H35NaO5S. The van der Waals surface area contributed by atoms with Crippen molar-refractivity contribution < 1.29 is 52.4 Å². The van der Waals surface area contributed by atoms with Gasteiger partial charge in [-0.25, -0.2) is 0 Å². The number of ether oxygens (including phenoxy) is 1. The topological polar surface area (TPSA) is 86.7 Å². The van der Waals surface area contributed by atoms with Crippen LogP contribution in [0, 0.1) is 0 Å². The molecule has 0 radical (unpaired) electrons. The average Bonchev–Trinajstić information content (AvgIpc) is 2.73. The molecule has 0 unspecified atom stereocenters. The van der Waals surface area contributed by atoms with Crippen LogP contribution in [0.25, 0.3) is 0 Å². The quantitative estimate of drug-likeness (QED) is 0.244. The normalized spacial score (nSPS) is 11.2. The van der Waals surface area contributed by atoms with Gasteiger partial charge in [-0.2, -0.15) is 8.42 Å². The van der Waals surface area contributed by atoms with Crippen LogP contribution in [0.15, 0.2) is 47.4 Å². The van der Waals surface area contributed by atoms with E-state index in [4.69, 9.17) is 4.74 Å². The minimum atomic E-state index is -4.29. The summed E-state index contributed by atoms with van der Waals surface area (Å²) in [5.41, 5.74) is 0.552. The van der Waals surface area contributed by atoms with Crippen molar-refractivity contribution in [1.82, 2.24) is 0 Å². The summed E-state index contributed by atoms with van der Waals surface area (Å²) in [5.74, 6) is 0.871. The molecule has 1 N–H and O–H groups in total. The summed E-state index contributed by atoms with van der Waals surface area (Å²) in [6.45, 7) is 2.23. The maximum Gasteiger partial charge on any atom is 1.00 e. The predicted octanol–water partition coefficient (Wildman–Crippen LogP) is 3.66. The maximum atomic E-state index is 11.7. The standard InChI is InChI=1S/C25H36O5S.Na/c1-2-3-4-5-6-7-8-9-10-11-12-13-21-20-24(18-19-25(21)31(27,28)29)30-23-16-14-22(26)15-17-23;/h14-20,26H,2-13H2,1H3,(H,27,28,29);/q;+1/p-1. The Kier molecular flexibility index (Phi) is 14.2. The number of hydrogen-bond donors (Lipinski definition) is 1. The molecule has 0 atom stereocenters. The van der Waals surface area contributed by atoms with Gasteiger partial charge < -0.3 is 9.84 Å². The molecule has 0 aromatic heterocycles. The second-order valence-electron chi connectivity index (χ2n) is 8.10. The Labute approximate surface area is 215 Å². The molecule has 0 aliphatic rings. The average molecular weight is 471 g/mol. The van der Waals surface area contributed by atoms with E-state index >= 15 is 0 Å². The molecule has 32 heavy (non-hydrogen) atoms. The third-order valence-electron chi connectivity index (χ3n) is 5.42. The summed E-state index contributed by atoms with van der Waals surface area (Å²) in [6.07, 6.45) is 14.0. The molecule has 2 aromatic carbocycles. The second kappa shape index (κ2) is 15.7. The number of hydrogen-bond acceptors (Lipinski definition) is 4. The molecule has 172 valence electrons. The van der Waals surface area contributed by atoms with Gasteiger partial charge in [-0.1, -0.05) is 83.3 Å². The Morgan fingerprint density at radius 3 is 1.81 bits per heavy atom. The first-order chi connectivity index (χ1) is 14.9. The number of rotatable bonds is 15. The van der Waals surface area contributed by atoms with Gasteiger partial charge in [0.15, 0.2) is 0 Å². The zero-order valence-electron chi connectivity index (χ0n) is 19.5. The van der Waals surface area contributed by atoms with Crippen LogP contribution in [-0.4, -0.2) is 13.0 Å². The van der Waals surface area contributed by atoms with E-state index in [0.717, 1.165) is 19.3 Å². The van der Waals surface area contributed by atoms with Crippen molar-refractivity contribution in [3.63, 3.8) is 0 Å². The van der Waals surface area contributed by atoms with Crippen LogP contribution >= 0.6 is 0 Å². The molecule has 0 saturated carbocycles. The molecule has 0 amide bonds. The number of unbranched alkanes of at least 4 members (excludes halogenated alkanes) is 10. The Morgan fingerprint density at radius 2 is 1.28 bits per heavy atom. The maximum absolute atomic E-state index is 11.7. The predicted molar refractivity (Wildman–Crippen MR) is 122 cm³/mol. The largest absolute Gasteiger partial charge is 1.00 e. The first kappa shape index (κ1) is 29.0. The van der Waals surface area contributed by atoms with Gasteiger partial charge in [-0.3, -0.25) is 4.55 Å². The minimum absolute atomic E-state index is 0. The SMILES string of the molecule is CCCCCCCCCCCCCc1cc(Oc2ccc([O-])cc2)ccc1S(=O)(=O)O.[Na+]. The fourth-order valence-corrected chi connectivity index (χ4v) is 4.42. The van der Waals surface area contributed by atoms with E-state index in [9.17, 15) is 18.1 Å². The van der Waals surface area contributed by atoms with E-state index in [-0.39, 0.29) is 40.2 Å². The summed E-state index contributed by atoms with van der Waals surface area (Å²) in [7, 11) is -4.29. The molecule has 0 spiro atoms. The third-order valence-corrected chi connectivity index (χ3v) is 6.37. The number of aryl methyl sites for hydroxylation is 1. The monoisotopic (exact) mass is 470 g/mol. The van der Waals surface area contributed by atoms with Gasteiger partial charge in [0.1, 0.15) is 11.5 Å². The summed E-state index contributed by atoms with van der Waals surface area (Å²) in [5, 5.41) is 11.2. The van der Waals surface area contributed by atoms with Crippen LogP contribution in [0.3, 0.4) is 0 Å². The van der Waals surface area contributed by atoms with Crippen LogP contribution in [0.5, 0.6) is 17.2 Å². The van der Waals surface area contributed by atoms with Gasteiger partial charge >= 0.3 is 29.6 Å². The van der Waals surface area contributed by atoms with Crippen LogP contribution < -0.4 is 39.4 Å². The molecule has 0 heterocycles. The molecule has 0 aliphatic carbocycles. The van der Waals surface area contributed by atoms with Crippen LogP contribution in [-0.2, 0) is 16.5 Å². The van der Waals surface area contributed by atoms with E-state index in [2.05, 4.69) is 6.92 Å². The zero-order valence-corrected chi connectivity index (χ0v) is 22.3. The Hall–Kier alpha value is -1.05. The molecule has 0 bridgehead atoms. The van der Waals surface area contributed by atoms with Crippen molar-refractivity contribution in [2.75, 3.05) is 0 Å². The Morgan fingerprint density at radius 1 is 0.781 bits per heavy atom. The molecule has 5 nitrogen and oxygen atoms in total. The van der Waals surface area contributed by atoms with Gasteiger partial charge in [-0.15, -0.1) is 5.75 Å². The van der Waals surface area contributed by atoms with Gasteiger partial charge in [0, 0.05) is 0 Å². The molecule has 0 saturated heterocycles. The third kappa shape index (κ3) is 11.2. The molecule has 2 rings (SSSR count). The fourth-order valence-electron chi connectivity index (χ4n) is 3.69. The number of benzene rings is 2. The van der Waals surface area contributed by atoms with E-state index in [1.54, 1.807) is 18.2 Å². The summed E-state index contributed by atoms with van der Waals surface area (Å²) < 4.78 is 38.8. The first-order valence-electron chi connectivity index (χ1n) is 11.5. The van der Waals surface area contributed by atoms with E-state index in [1.807, 2.05) is 0 Å². The Bertz CT molecular complexity index is 882.